The van der Waals surface area contributed by atoms with Gasteiger partial charge in [0.2, 0.25) is 0 Å². The van der Waals surface area contributed by atoms with Gasteiger partial charge >= 0.3 is 5.97 Å². The fraction of sp³-hybridized carbons (Fsp3) is 0.200. The second kappa shape index (κ2) is 6.41. The molecule has 0 saturated heterocycles. The molecular formula is C15H15NO3. The van der Waals surface area contributed by atoms with Crippen LogP contribution in [0.3, 0.4) is 0 Å². The molecule has 1 aromatic carbocycles. The minimum absolute atomic E-state index is 0.121. The molecule has 4 nitrogen and oxygen atoms in total. The minimum atomic E-state index is -1.05. The molecule has 98 valence electrons. The van der Waals surface area contributed by atoms with Crippen LogP contribution in [0.5, 0.6) is 5.75 Å². The molecular weight excluding hydrogens is 242 g/mol. The molecule has 19 heavy (non-hydrogen) atoms. The molecule has 1 rings (SSSR count). The van der Waals surface area contributed by atoms with Crippen molar-refractivity contribution in [2.24, 2.45) is 0 Å². The lowest BCUT2D eigenvalue weighted by Gasteiger charge is -2.13. The second-order valence-electron chi connectivity index (χ2n) is 3.78. The van der Waals surface area contributed by atoms with E-state index in [0.29, 0.717) is 28.9 Å². The van der Waals surface area contributed by atoms with Crippen LogP contribution in [0.15, 0.2) is 36.4 Å². The Labute approximate surface area is 112 Å². The Morgan fingerprint density at radius 3 is 2.68 bits per heavy atom. The van der Waals surface area contributed by atoms with Crippen molar-refractivity contribution in [2.45, 2.75) is 13.3 Å². The molecule has 0 fully saturated rings. The quantitative estimate of drug-likeness (QED) is 0.650. The van der Waals surface area contributed by atoms with Gasteiger partial charge in [-0.25, -0.2) is 4.79 Å². The molecule has 0 atom stereocenters. The zero-order chi connectivity index (χ0) is 14.4. The second-order valence-corrected chi connectivity index (χ2v) is 3.78. The third-order valence-corrected chi connectivity index (χ3v) is 2.77. The number of carboxylic acid groups (broad SMARTS) is 1. The Kier molecular flexibility index (Phi) is 4.90. The molecule has 0 unspecified atom stereocenters. The largest absolute Gasteiger partial charge is 0.496 e. The van der Waals surface area contributed by atoms with Crippen LogP contribution in [0.2, 0.25) is 0 Å². The number of carbonyl (C=O) groups is 1. The number of rotatable bonds is 5. The molecule has 1 aromatic rings. The molecule has 0 aliphatic rings. The number of benzene rings is 1. The monoisotopic (exact) mass is 257 g/mol. The molecule has 1 N–H and O–H groups in total. The van der Waals surface area contributed by atoms with E-state index in [1.54, 1.807) is 18.2 Å². The summed E-state index contributed by atoms with van der Waals surface area (Å²) in [5.74, 6) is -0.507. The zero-order valence-corrected chi connectivity index (χ0v) is 10.9. The van der Waals surface area contributed by atoms with Gasteiger partial charge in [-0.1, -0.05) is 19.6 Å². The van der Waals surface area contributed by atoms with Crippen LogP contribution < -0.4 is 4.74 Å². The summed E-state index contributed by atoms with van der Waals surface area (Å²) >= 11 is 0. The van der Waals surface area contributed by atoms with Crippen LogP contribution in [0.4, 0.5) is 0 Å². The normalized spacial score (nSPS) is 11.2. The fourth-order valence-corrected chi connectivity index (χ4v) is 1.88. The summed E-state index contributed by atoms with van der Waals surface area (Å²) in [6.07, 6.45) is 1.80. The van der Waals surface area contributed by atoms with Gasteiger partial charge in [0.1, 0.15) is 5.75 Å². The Hall–Kier alpha value is -2.54. The number of hydrogen-bond acceptors (Lipinski definition) is 3. The van der Waals surface area contributed by atoms with Crippen LogP contribution >= 0.6 is 0 Å². The van der Waals surface area contributed by atoms with E-state index < -0.39 is 5.97 Å². The predicted octanol–water partition coefficient (Wildman–Crippen LogP) is 3.00. The summed E-state index contributed by atoms with van der Waals surface area (Å²) in [7, 11) is 1.51. The molecule has 0 saturated carbocycles. The number of methoxy groups -OCH3 is 1. The van der Waals surface area contributed by atoms with E-state index in [1.165, 1.54) is 13.2 Å². The summed E-state index contributed by atoms with van der Waals surface area (Å²) in [5.41, 5.74) is 1.78. The van der Waals surface area contributed by atoms with E-state index in [-0.39, 0.29) is 5.57 Å². The van der Waals surface area contributed by atoms with Gasteiger partial charge in [-0.3, -0.25) is 0 Å². The van der Waals surface area contributed by atoms with Crippen molar-refractivity contribution in [2.75, 3.05) is 7.11 Å². The first-order valence-corrected chi connectivity index (χ1v) is 5.76. The first-order valence-electron chi connectivity index (χ1n) is 5.76. The Balaban J connectivity index is 3.60. The van der Waals surface area contributed by atoms with Crippen LogP contribution in [-0.4, -0.2) is 18.2 Å². The smallest absolute Gasteiger partial charge is 0.335 e. The molecule has 4 heteroatoms. The first kappa shape index (κ1) is 14.5. The number of ether oxygens (including phenoxy) is 1. The Morgan fingerprint density at radius 1 is 1.58 bits per heavy atom. The highest BCUT2D eigenvalue weighted by molar-refractivity contribution is 6.00. The van der Waals surface area contributed by atoms with Crippen LogP contribution in [0.1, 0.15) is 24.5 Å². The summed E-state index contributed by atoms with van der Waals surface area (Å²) in [4.78, 5) is 11.2. The molecule has 0 radical (unpaired) electrons. The van der Waals surface area contributed by atoms with Gasteiger partial charge < -0.3 is 9.84 Å². The third-order valence-electron chi connectivity index (χ3n) is 2.77. The molecule has 0 amide bonds. The molecule has 0 heterocycles. The lowest BCUT2D eigenvalue weighted by Crippen LogP contribution is -2.03. The standard InChI is InChI=1S/C15H15NO3/c1-4-11(12(5-2)15(17)18)13-8-10(9-16)6-7-14(13)19-3/h5-8H,2,4H2,1,3H3,(H,17,18)/b12-11-. The molecule has 0 aliphatic carbocycles. The van der Waals surface area contributed by atoms with Crippen molar-refractivity contribution in [3.05, 3.63) is 47.6 Å². The maximum Gasteiger partial charge on any atom is 0.335 e. The van der Waals surface area contributed by atoms with E-state index in [0.717, 1.165) is 0 Å². The van der Waals surface area contributed by atoms with Gasteiger partial charge in [-0.2, -0.15) is 5.26 Å². The van der Waals surface area contributed by atoms with Gasteiger partial charge in [0.25, 0.3) is 0 Å². The number of carboxylic acids is 1. The van der Waals surface area contributed by atoms with Crippen LogP contribution in [0.25, 0.3) is 5.57 Å². The molecule has 0 spiro atoms. The maximum absolute atomic E-state index is 11.2. The zero-order valence-electron chi connectivity index (χ0n) is 10.9. The Morgan fingerprint density at radius 2 is 2.26 bits per heavy atom. The highest BCUT2D eigenvalue weighted by atomic mass is 16.5. The van der Waals surface area contributed by atoms with Gasteiger partial charge in [0, 0.05) is 5.56 Å². The minimum Gasteiger partial charge on any atom is -0.496 e. The van der Waals surface area contributed by atoms with Crippen molar-refractivity contribution in [3.63, 3.8) is 0 Å². The van der Waals surface area contributed by atoms with E-state index >= 15 is 0 Å². The third kappa shape index (κ3) is 3.02. The summed E-state index contributed by atoms with van der Waals surface area (Å²) in [6.45, 7) is 5.38. The fourth-order valence-electron chi connectivity index (χ4n) is 1.88. The average Bonchev–Trinajstić information content (AvgIpc) is 2.43. The first-order chi connectivity index (χ1) is 9.08. The lowest BCUT2D eigenvalue weighted by atomic mass is 9.95. The highest BCUT2D eigenvalue weighted by Crippen LogP contribution is 2.31. The van der Waals surface area contributed by atoms with E-state index in [4.69, 9.17) is 10.00 Å². The molecule has 0 bridgehead atoms. The van der Waals surface area contributed by atoms with Gasteiger partial charge in [-0.15, -0.1) is 0 Å². The van der Waals surface area contributed by atoms with Crippen molar-refractivity contribution in [3.8, 4) is 11.8 Å². The lowest BCUT2D eigenvalue weighted by molar-refractivity contribution is -0.132. The molecule has 0 aliphatic heterocycles. The van der Waals surface area contributed by atoms with Gasteiger partial charge in [-0.05, 0) is 30.2 Å². The number of aliphatic carboxylic acids is 1. The van der Waals surface area contributed by atoms with Crippen molar-refractivity contribution in [1.82, 2.24) is 0 Å². The van der Waals surface area contributed by atoms with Gasteiger partial charge in [0.15, 0.2) is 0 Å². The van der Waals surface area contributed by atoms with Crippen molar-refractivity contribution in [1.29, 1.82) is 5.26 Å². The number of nitrogens with zero attached hydrogens (tertiary/aromatic N) is 1. The van der Waals surface area contributed by atoms with Gasteiger partial charge in [0.05, 0.1) is 24.3 Å². The van der Waals surface area contributed by atoms with Crippen LogP contribution in [-0.2, 0) is 4.79 Å². The van der Waals surface area contributed by atoms with Crippen molar-refractivity contribution < 1.29 is 14.6 Å². The Bertz CT molecular complexity index is 580. The SMILES string of the molecule is C=C/C(C(=O)O)=C(\CC)c1cc(C#N)ccc1OC. The van der Waals surface area contributed by atoms with E-state index in [1.807, 2.05) is 13.0 Å². The summed E-state index contributed by atoms with van der Waals surface area (Å²) in [5, 5.41) is 18.1. The predicted molar refractivity (Wildman–Crippen MR) is 72.8 cm³/mol. The number of hydrogen-bond donors (Lipinski definition) is 1. The number of allylic oxidation sites excluding steroid dienone is 1. The number of nitriles is 1. The van der Waals surface area contributed by atoms with Crippen LogP contribution in [0, 0.1) is 11.3 Å². The highest BCUT2D eigenvalue weighted by Gasteiger charge is 2.16. The summed E-state index contributed by atoms with van der Waals surface area (Å²) in [6, 6.07) is 6.95. The summed E-state index contributed by atoms with van der Waals surface area (Å²) < 4.78 is 5.23. The average molecular weight is 257 g/mol. The topological polar surface area (TPSA) is 70.3 Å². The van der Waals surface area contributed by atoms with E-state index in [2.05, 4.69) is 6.58 Å². The molecule has 0 aromatic heterocycles. The maximum atomic E-state index is 11.2. The van der Waals surface area contributed by atoms with Crippen molar-refractivity contribution >= 4 is 11.5 Å². The van der Waals surface area contributed by atoms with E-state index in [9.17, 15) is 9.90 Å².